The number of aryl methyl sites for hydroxylation is 1. The highest BCUT2D eigenvalue weighted by Crippen LogP contribution is 2.23. The average Bonchev–Trinajstić information content (AvgIpc) is 2.65. The van der Waals surface area contributed by atoms with E-state index in [2.05, 4.69) is 40.7 Å². The van der Waals surface area contributed by atoms with Crippen molar-refractivity contribution in [2.24, 2.45) is 10.9 Å². The second-order valence-corrected chi connectivity index (χ2v) is 7.10. The standard InChI is InChI=1S/C20H31F3N4.HI/c1-3-17-6-4-5-7-18(17)14-26-19(24-2)25-11-8-16-9-12-27(13-10-16)15-20(21,22)23;/h4-7,16H,3,8-15H2,1-2H3,(H2,24,25,26);1H. The summed E-state index contributed by atoms with van der Waals surface area (Å²) in [5.41, 5.74) is 2.59. The van der Waals surface area contributed by atoms with Gasteiger partial charge >= 0.3 is 6.18 Å². The first-order valence-corrected chi connectivity index (χ1v) is 9.71. The summed E-state index contributed by atoms with van der Waals surface area (Å²) in [5.74, 6) is 1.23. The normalized spacial score (nSPS) is 16.5. The highest BCUT2D eigenvalue weighted by atomic mass is 127. The molecule has 28 heavy (non-hydrogen) atoms. The van der Waals surface area contributed by atoms with Gasteiger partial charge in [-0.2, -0.15) is 13.2 Å². The molecule has 4 nitrogen and oxygen atoms in total. The van der Waals surface area contributed by atoms with Crippen molar-refractivity contribution in [2.75, 3.05) is 33.2 Å². The quantitative estimate of drug-likeness (QED) is 0.327. The summed E-state index contributed by atoms with van der Waals surface area (Å²) in [6.45, 7) is 3.92. The third-order valence-corrected chi connectivity index (χ3v) is 5.12. The van der Waals surface area contributed by atoms with Crippen molar-refractivity contribution in [3.05, 3.63) is 35.4 Å². The molecule has 0 atom stereocenters. The molecule has 0 radical (unpaired) electrons. The number of rotatable bonds is 7. The number of hydrogen-bond donors (Lipinski definition) is 2. The van der Waals surface area contributed by atoms with E-state index >= 15 is 0 Å². The summed E-state index contributed by atoms with van der Waals surface area (Å²) in [7, 11) is 1.75. The first-order valence-electron chi connectivity index (χ1n) is 9.71. The zero-order valence-electron chi connectivity index (χ0n) is 16.7. The number of hydrogen-bond acceptors (Lipinski definition) is 2. The van der Waals surface area contributed by atoms with Gasteiger partial charge in [-0.3, -0.25) is 9.89 Å². The van der Waals surface area contributed by atoms with Crippen molar-refractivity contribution >= 4 is 29.9 Å². The Balaban J connectivity index is 0.00000392. The lowest BCUT2D eigenvalue weighted by atomic mass is 9.93. The maximum Gasteiger partial charge on any atom is 0.401 e. The molecule has 2 rings (SSSR count). The van der Waals surface area contributed by atoms with Crippen molar-refractivity contribution < 1.29 is 13.2 Å². The average molecular weight is 512 g/mol. The Morgan fingerprint density at radius 3 is 2.36 bits per heavy atom. The molecule has 160 valence electrons. The van der Waals surface area contributed by atoms with Crippen LogP contribution in [0.5, 0.6) is 0 Å². The fourth-order valence-electron chi connectivity index (χ4n) is 3.56. The Bertz CT molecular complexity index is 599. The molecule has 1 saturated heterocycles. The van der Waals surface area contributed by atoms with Gasteiger partial charge in [-0.1, -0.05) is 31.2 Å². The number of nitrogens with one attached hydrogen (secondary N) is 2. The Hall–Kier alpha value is -1.03. The zero-order valence-corrected chi connectivity index (χ0v) is 19.0. The molecule has 1 aromatic rings. The van der Waals surface area contributed by atoms with E-state index in [1.807, 2.05) is 6.07 Å². The van der Waals surface area contributed by atoms with E-state index in [0.717, 1.165) is 44.7 Å². The van der Waals surface area contributed by atoms with Gasteiger partial charge in [-0.25, -0.2) is 0 Å². The molecule has 1 aromatic carbocycles. The number of guanidine groups is 1. The number of aliphatic imine (C=N–C) groups is 1. The third-order valence-electron chi connectivity index (χ3n) is 5.12. The van der Waals surface area contributed by atoms with Gasteiger partial charge in [0, 0.05) is 20.1 Å². The van der Waals surface area contributed by atoms with Crippen LogP contribution < -0.4 is 10.6 Å². The van der Waals surface area contributed by atoms with Gasteiger partial charge in [0.05, 0.1) is 6.54 Å². The second-order valence-electron chi connectivity index (χ2n) is 7.10. The van der Waals surface area contributed by atoms with Gasteiger partial charge in [0.1, 0.15) is 0 Å². The van der Waals surface area contributed by atoms with E-state index in [1.165, 1.54) is 16.0 Å². The van der Waals surface area contributed by atoms with Crippen LogP contribution in [0.1, 0.15) is 37.3 Å². The van der Waals surface area contributed by atoms with Crippen LogP contribution in [-0.4, -0.2) is 50.3 Å². The van der Waals surface area contributed by atoms with E-state index in [1.54, 1.807) is 7.05 Å². The number of benzene rings is 1. The smallest absolute Gasteiger partial charge is 0.356 e. The van der Waals surface area contributed by atoms with Crippen molar-refractivity contribution in [1.82, 2.24) is 15.5 Å². The summed E-state index contributed by atoms with van der Waals surface area (Å²) in [6, 6.07) is 8.35. The molecule has 0 amide bonds. The minimum Gasteiger partial charge on any atom is -0.356 e. The lowest BCUT2D eigenvalue weighted by Crippen LogP contribution is -2.41. The molecular formula is C20H32F3IN4. The summed E-state index contributed by atoms with van der Waals surface area (Å²) in [5, 5.41) is 6.66. The molecule has 0 aliphatic carbocycles. The van der Waals surface area contributed by atoms with E-state index in [9.17, 15) is 13.2 Å². The summed E-state index contributed by atoms with van der Waals surface area (Å²) in [6.07, 6.45) is -0.493. The highest BCUT2D eigenvalue weighted by Gasteiger charge is 2.32. The van der Waals surface area contributed by atoms with Gasteiger partial charge in [0.25, 0.3) is 0 Å². The molecule has 0 aromatic heterocycles. The molecule has 0 saturated carbocycles. The topological polar surface area (TPSA) is 39.7 Å². The predicted molar refractivity (Wildman–Crippen MR) is 119 cm³/mol. The zero-order chi connectivity index (χ0) is 19.7. The molecule has 1 aliphatic rings. The largest absolute Gasteiger partial charge is 0.401 e. The van der Waals surface area contributed by atoms with Crippen LogP contribution >= 0.6 is 24.0 Å². The fraction of sp³-hybridized carbons (Fsp3) is 0.650. The number of halogens is 4. The van der Waals surface area contributed by atoms with Crippen LogP contribution in [0.15, 0.2) is 29.3 Å². The van der Waals surface area contributed by atoms with Crippen LogP contribution in [0.3, 0.4) is 0 Å². The molecule has 1 heterocycles. The van der Waals surface area contributed by atoms with Gasteiger partial charge in [0.15, 0.2) is 5.96 Å². The van der Waals surface area contributed by atoms with Crippen LogP contribution in [0.4, 0.5) is 13.2 Å². The molecular weight excluding hydrogens is 480 g/mol. The van der Waals surface area contributed by atoms with Crippen molar-refractivity contribution in [3.63, 3.8) is 0 Å². The van der Waals surface area contributed by atoms with Gasteiger partial charge < -0.3 is 10.6 Å². The Morgan fingerprint density at radius 1 is 1.14 bits per heavy atom. The summed E-state index contributed by atoms with van der Waals surface area (Å²) in [4.78, 5) is 5.76. The lowest BCUT2D eigenvalue weighted by molar-refractivity contribution is -0.148. The second kappa shape index (κ2) is 12.5. The lowest BCUT2D eigenvalue weighted by Gasteiger charge is -2.32. The number of nitrogens with zero attached hydrogens (tertiary/aromatic N) is 2. The third kappa shape index (κ3) is 8.98. The van der Waals surface area contributed by atoms with Gasteiger partial charge in [0.2, 0.25) is 0 Å². The number of piperidine rings is 1. The van der Waals surface area contributed by atoms with Crippen molar-refractivity contribution in [2.45, 2.75) is 45.3 Å². The summed E-state index contributed by atoms with van der Waals surface area (Å²) >= 11 is 0. The summed E-state index contributed by atoms with van der Waals surface area (Å²) < 4.78 is 37.3. The number of likely N-dealkylation sites (tertiary alicyclic amines) is 1. The molecule has 1 aliphatic heterocycles. The van der Waals surface area contributed by atoms with E-state index in [4.69, 9.17) is 0 Å². The Morgan fingerprint density at radius 2 is 1.79 bits per heavy atom. The highest BCUT2D eigenvalue weighted by molar-refractivity contribution is 14.0. The first kappa shape index (κ1) is 25.0. The van der Waals surface area contributed by atoms with Crippen LogP contribution in [0.2, 0.25) is 0 Å². The first-order chi connectivity index (χ1) is 12.9. The Labute approximate surface area is 183 Å². The predicted octanol–water partition coefficient (Wildman–Crippen LogP) is 4.20. The molecule has 0 unspecified atom stereocenters. The SMILES string of the molecule is CCc1ccccc1CNC(=NC)NCCC1CCN(CC(F)(F)F)CC1.I. The maximum atomic E-state index is 12.4. The van der Waals surface area contributed by atoms with Crippen molar-refractivity contribution in [1.29, 1.82) is 0 Å². The van der Waals surface area contributed by atoms with Crippen molar-refractivity contribution in [3.8, 4) is 0 Å². The van der Waals surface area contributed by atoms with Crippen LogP contribution in [0.25, 0.3) is 0 Å². The fourth-order valence-corrected chi connectivity index (χ4v) is 3.56. The van der Waals surface area contributed by atoms with E-state index < -0.39 is 12.7 Å². The van der Waals surface area contributed by atoms with Gasteiger partial charge in [-0.05, 0) is 55.8 Å². The van der Waals surface area contributed by atoms with Crippen LogP contribution in [-0.2, 0) is 13.0 Å². The maximum absolute atomic E-state index is 12.4. The Kier molecular flexibility index (Phi) is 11.2. The molecule has 1 fully saturated rings. The molecule has 0 bridgehead atoms. The van der Waals surface area contributed by atoms with E-state index in [-0.39, 0.29) is 24.0 Å². The van der Waals surface area contributed by atoms with Gasteiger partial charge in [-0.15, -0.1) is 24.0 Å². The molecule has 0 spiro atoms. The minimum atomic E-state index is -4.09. The monoisotopic (exact) mass is 512 g/mol. The molecule has 8 heteroatoms. The van der Waals surface area contributed by atoms with E-state index in [0.29, 0.717) is 19.0 Å². The van der Waals surface area contributed by atoms with Crippen LogP contribution in [0, 0.1) is 5.92 Å². The minimum absolute atomic E-state index is 0. The molecule has 2 N–H and O–H groups in total. The number of alkyl halides is 3.